The van der Waals surface area contributed by atoms with E-state index in [0.29, 0.717) is 25.0 Å². The van der Waals surface area contributed by atoms with Gasteiger partial charge in [0.05, 0.1) is 6.20 Å². The molecule has 19 heavy (non-hydrogen) atoms. The van der Waals surface area contributed by atoms with E-state index in [1.807, 2.05) is 0 Å². The number of H-pyrrole nitrogens is 1. The molecule has 7 heteroatoms. The van der Waals surface area contributed by atoms with E-state index in [1.54, 1.807) is 4.31 Å². The Kier molecular flexibility index (Phi) is 4.59. The van der Waals surface area contributed by atoms with Gasteiger partial charge in [-0.25, -0.2) is 8.42 Å². The van der Waals surface area contributed by atoms with Crippen LogP contribution in [0, 0.1) is 5.92 Å². The fourth-order valence-electron chi connectivity index (χ4n) is 2.28. The number of sulfonamides is 1. The van der Waals surface area contributed by atoms with Crippen molar-refractivity contribution in [2.45, 2.75) is 37.8 Å². The van der Waals surface area contributed by atoms with E-state index in [0.717, 1.165) is 19.4 Å². The van der Waals surface area contributed by atoms with Crippen LogP contribution in [0.5, 0.6) is 0 Å². The van der Waals surface area contributed by atoms with Crippen molar-refractivity contribution >= 4 is 10.0 Å². The molecule has 1 aromatic rings. The Balaban J connectivity index is 1.90. The number of nitrogens with zero attached hydrogens (tertiary/aromatic N) is 2. The van der Waals surface area contributed by atoms with Crippen molar-refractivity contribution < 1.29 is 8.42 Å². The van der Waals surface area contributed by atoms with Crippen LogP contribution >= 0.6 is 0 Å². The molecule has 1 fully saturated rings. The molecule has 6 nitrogen and oxygen atoms in total. The lowest BCUT2D eigenvalue weighted by atomic mass is 9.98. The summed E-state index contributed by atoms with van der Waals surface area (Å²) in [4.78, 5) is 0. The SMILES string of the molecule is CC(C)NCC1CCN(S(=O)(=O)c2ccn[nH]2)CC1. The normalized spacial score (nSPS) is 19.1. The van der Waals surface area contributed by atoms with Gasteiger partial charge < -0.3 is 5.32 Å². The number of piperidine rings is 1. The molecule has 0 saturated carbocycles. The lowest BCUT2D eigenvalue weighted by molar-refractivity contribution is 0.263. The van der Waals surface area contributed by atoms with E-state index in [-0.39, 0.29) is 5.03 Å². The fraction of sp³-hybridized carbons (Fsp3) is 0.750. The summed E-state index contributed by atoms with van der Waals surface area (Å²) in [7, 11) is -3.38. The van der Waals surface area contributed by atoms with Crippen LogP contribution in [0.4, 0.5) is 0 Å². The van der Waals surface area contributed by atoms with Crippen molar-refractivity contribution in [3.8, 4) is 0 Å². The topological polar surface area (TPSA) is 78.1 Å². The zero-order valence-corrected chi connectivity index (χ0v) is 12.3. The van der Waals surface area contributed by atoms with Crippen LogP contribution in [-0.2, 0) is 10.0 Å². The summed E-state index contributed by atoms with van der Waals surface area (Å²) in [5.41, 5.74) is 0. The summed E-state index contributed by atoms with van der Waals surface area (Å²) >= 11 is 0. The minimum absolute atomic E-state index is 0.186. The number of hydrogen-bond acceptors (Lipinski definition) is 4. The molecule has 2 rings (SSSR count). The molecule has 1 saturated heterocycles. The molecule has 1 aliphatic heterocycles. The number of rotatable bonds is 5. The summed E-state index contributed by atoms with van der Waals surface area (Å²) in [6.45, 7) is 6.39. The Hall–Kier alpha value is -0.920. The van der Waals surface area contributed by atoms with Gasteiger partial charge in [-0.2, -0.15) is 9.40 Å². The molecule has 0 unspecified atom stereocenters. The van der Waals surface area contributed by atoms with Crippen molar-refractivity contribution in [1.29, 1.82) is 0 Å². The van der Waals surface area contributed by atoms with E-state index in [9.17, 15) is 8.42 Å². The Morgan fingerprint density at radius 1 is 1.47 bits per heavy atom. The first-order valence-electron chi connectivity index (χ1n) is 6.73. The average molecular weight is 286 g/mol. The van der Waals surface area contributed by atoms with Gasteiger partial charge in [-0.3, -0.25) is 5.10 Å². The van der Waals surface area contributed by atoms with Crippen LogP contribution in [0.2, 0.25) is 0 Å². The first kappa shape index (κ1) is 14.5. The average Bonchev–Trinajstić information content (AvgIpc) is 2.91. The van der Waals surface area contributed by atoms with Gasteiger partial charge in [0.15, 0.2) is 5.03 Å². The number of hydrogen-bond donors (Lipinski definition) is 2. The summed E-state index contributed by atoms with van der Waals surface area (Å²) in [6, 6.07) is 1.98. The zero-order chi connectivity index (χ0) is 13.9. The molecule has 0 radical (unpaired) electrons. The summed E-state index contributed by atoms with van der Waals surface area (Å²) in [5.74, 6) is 0.565. The van der Waals surface area contributed by atoms with E-state index >= 15 is 0 Å². The number of nitrogens with one attached hydrogen (secondary N) is 2. The molecular weight excluding hydrogens is 264 g/mol. The third-order valence-corrected chi connectivity index (χ3v) is 5.31. The van der Waals surface area contributed by atoms with Crippen molar-refractivity contribution in [3.63, 3.8) is 0 Å². The van der Waals surface area contributed by atoms with Gasteiger partial charge in [0.1, 0.15) is 0 Å². The standard InChI is InChI=1S/C12H22N4O2S/c1-10(2)13-9-11-4-7-16(8-5-11)19(17,18)12-3-6-14-15-12/h3,6,10-11,13H,4-5,7-9H2,1-2H3,(H,14,15). The van der Waals surface area contributed by atoms with Crippen molar-refractivity contribution in [1.82, 2.24) is 19.8 Å². The molecule has 2 N–H and O–H groups in total. The van der Waals surface area contributed by atoms with Gasteiger partial charge in [-0.15, -0.1) is 0 Å². The molecule has 0 amide bonds. The zero-order valence-electron chi connectivity index (χ0n) is 11.5. The molecule has 0 bridgehead atoms. The van der Waals surface area contributed by atoms with Gasteiger partial charge >= 0.3 is 0 Å². The second-order valence-electron chi connectivity index (χ2n) is 5.33. The van der Waals surface area contributed by atoms with Gasteiger partial charge in [-0.05, 0) is 31.4 Å². The fourth-order valence-corrected chi connectivity index (χ4v) is 3.65. The third-order valence-electron chi connectivity index (χ3n) is 3.48. The number of aromatic amines is 1. The van der Waals surface area contributed by atoms with Gasteiger partial charge in [0, 0.05) is 19.1 Å². The molecule has 1 aromatic heterocycles. The quantitative estimate of drug-likeness (QED) is 0.839. The molecule has 0 aromatic carbocycles. The smallest absolute Gasteiger partial charge is 0.259 e. The van der Waals surface area contributed by atoms with E-state index in [1.165, 1.54) is 12.3 Å². The summed E-state index contributed by atoms with van der Waals surface area (Å²) in [5, 5.41) is 9.84. The molecule has 2 heterocycles. The Morgan fingerprint density at radius 3 is 2.68 bits per heavy atom. The monoisotopic (exact) mass is 286 g/mol. The maximum Gasteiger partial charge on any atom is 0.259 e. The summed E-state index contributed by atoms with van der Waals surface area (Å²) in [6.07, 6.45) is 3.28. The minimum Gasteiger partial charge on any atom is -0.314 e. The van der Waals surface area contributed by atoms with Crippen molar-refractivity contribution in [2.24, 2.45) is 5.92 Å². The highest BCUT2D eigenvalue weighted by Gasteiger charge is 2.30. The molecule has 0 aliphatic carbocycles. The lowest BCUT2D eigenvalue weighted by Gasteiger charge is -2.31. The molecule has 108 valence electrons. The van der Waals surface area contributed by atoms with Crippen LogP contribution in [0.3, 0.4) is 0 Å². The predicted molar refractivity (Wildman–Crippen MR) is 73.2 cm³/mol. The summed E-state index contributed by atoms with van der Waals surface area (Å²) < 4.78 is 26.1. The maximum atomic E-state index is 12.3. The van der Waals surface area contributed by atoms with Crippen molar-refractivity contribution in [3.05, 3.63) is 12.3 Å². The highest BCUT2D eigenvalue weighted by Crippen LogP contribution is 2.22. The Labute approximate surface area is 114 Å². The van der Waals surface area contributed by atoms with Crippen LogP contribution < -0.4 is 5.32 Å². The number of aromatic nitrogens is 2. The van der Waals surface area contributed by atoms with Crippen LogP contribution in [-0.4, -0.2) is 48.6 Å². The van der Waals surface area contributed by atoms with E-state index in [4.69, 9.17) is 0 Å². The first-order chi connectivity index (χ1) is 9.00. The third kappa shape index (κ3) is 3.55. The Morgan fingerprint density at radius 2 is 2.16 bits per heavy atom. The minimum atomic E-state index is -3.38. The highest BCUT2D eigenvalue weighted by molar-refractivity contribution is 7.89. The largest absolute Gasteiger partial charge is 0.314 e. The highest BCUT2D eigenvalue weighted by atomic mass is 32.2. The molecule has 0 atom stereocenters. The van der Waals surface area contributed by atoms with E-state index in [2.05, 4.69) is 29.4 Å². The molecular formula is C12H22N4O2S. The Bertz CT molecular complexity index is 476. The molecule has 1 aliphatic rings. The van der Waals surface area contributed by atoms with Gasteiger partial charge in [-0.1, -0.05) is 13.8 Å². The first-order valence-corrected chi connectivity index (χ1v) is 8.17. The van der Waals surface area contributed by atoms with Crippen LogP contribution in [0.15, 0.2) is 17.3 Å². The lowest BCUT2D eigenvalue weighted by Crippen LogP contribution is -2.41. The maximum absolute atomic E-state index is 12.3. The predicted octanol–water partition coefficient (Wildman–Crippen LogP) is 0.808. The molecule has 0 spiro atoms. The van der Waals surface area contributed by atoms with Crippen LogP contribution in [0.1, 0.15) is 26.7 Å². The second-order valence-corrected chi connectivity index (χ2v) is 7.24. The van der Waals surface area contributed by atoms with E-state index < -0.39 is 10.0 Å². The van der Waals surface area contributed by atoms with Crippen LogP contribution in [0.25, 0.3) is 0 Å². The van der Waals surface area contributed by atoms with Crippen molar-refractivity contribution in [2.75, 3.05) is 19.6 Å². The van der Waals surface area contributed by atoms with Gasteiger partial charge in [0.2, 0.25) is 0 Å². The second kappa shape index (κ2) is 6.02. The van der Waals surface area contributed by atoms with Gasteiger partial charge in [0.25, 0.3) is 10.0 Å².